The Hall–Kier alpha value is -0.960. The van der Waals surface area contributed by atoms with Crippen LogP contribution in [0.4, 0.5) is 0 Å². The van der Waals surface area contributed by atoms with E-state index in [0.29, 0.717) is 0 Å². The van der Waals surface area contributed by atoms with E-state index in [-0.39, 0.29) is 0 Å². The van der Waals surface area contributed by atoms with Gasteiger partial charge in [-0.1, -0.05) is 6.07 Å². The summed E-state index contributed by atoms with van der Waals surface area (Å²) in [7, 11) is 0. The van der Waals surface area contributed by atoms with Gasteiger partial charge in [-0.3, -0.25) is 0 Å². The van der Waals surface area contributed by atoms with Crippen molar-refractivity contribution in [3.8, 4) is 0 Å². The minimum Gasteiger partial charge on any atom is -0.307 e. The molecule has 0 radical (unpaired) electrons. The molecule has 0 aromatic carbocycles. The first-order chi connectivity index (χ1) is 7.81. The lowest BCUT2D eigenvalue weighted by atomic mass is 10.2. The Kier molecular flexibility index (Phi) is 2.64. The third-order valence-corrected chi connectivity index (χ3v) is 4.51. The van der Waals surface area contributed by atoms with Crippen LogP contribution in [0.2, 0.25) is 0 Å². The summed E-state index contributed by atoms with van der Waals surface area (Å²) in [5.74, 6) is 1.33. The Morgan fingerprint density at radius 2 is 2.38 bits per heavy atom. The fourth-order valence-corrected chi connectivity index (χ4v) is 3.58. The Bertz CT molecular complexity index is 498. The van der Waals surface area contributed by atoms with Crippen molar-refractivity contribution in [2.45, 2.75) is 31.4 Å². The molecule has 1 saturated heterocycles. The molecule has 1 aliphatic rings. The van der Waals surface area contributed by atoms with Gasteiger partial charge in [-0.2, -0.15) is 11.8 Å². The predicted molar refractivity (Wildman–Crippen MR) is 69.1 cm³/mol. The fourth-order valence-electron chi connectivity index (χ4n) is 2.29. The number of imidazole rings is 1. The van der Waals surface area contributed by atoms with Crippen molar-refractivity contribution >= 4 is 17.4 Å². The van der Waals surface area contributed by atoms with Crippen molar-refractivity contribution in [2.24, 2.45) is 0 Å². The van der Waals surface area contributed by atoms with Crippen LogP contribution in [0, 0.1) is 6.92 Å². The molecule has 2 aromatic heterocycles. The summed E-state index contributed by atoms with van der Waals surface area (Å²) in [4.78, 5) is 4.67. The Labute approximate surface area is 100 Å². The molecule has 3 heteroatoms. The maximum atomic E-state index is 4.67. The van der Waals surface area contributed by atoms with E-state index in [9.17, 15) is 0 Å². The lowest BCUT2D eigenvalue weighted by molar-refractivity contribution is 0.767. The average Bonchev–Trinajstić information content (AvgIpc) is 2.86. The van der Waals surface area contributed by atoms with Gasteiger partial charge in [-0.05, 0) is 37.1 Å². The van der Waals surface area contributed by atoms with Gasteiger partial charge in [0, 0.05) is 24.1 Å². The lowest BCUT2D eigenvalue weighted by Crippen LogP contribution is -2.01. The fraction of sp³-hybridized carbons (Fsp3) is 0.462. The van der Waals surface area contributed by atoms with Crippen molar-refractivity contribution in [3.05, 3.63) is 35.8 Å². The van der Waals surface area contributed by atoms with Crippen LogP contribution in [0.1, 0.15) is 24.1 Å². The summed E-state index contributed by atoms with van der Waals surface area (Å²) >= 11 is 2.10. The van der Waals surface area contributed by atoms with Gasteiger partial charge in [0.15, 0.2) is 0 Å². The van der Waals surface area contributed by atoms with Crippen LogP contribution < -0.4 is 0 Å². The predicted octanol–water partition coefficient (Wildman–Crippen LogP) is 3.08. The Morgan fingerprint density at radius 3 is 3.19 bits per heavy atom. The number of thioether (sulfide) groups is 1. The molecule has 1 aliphatic heterocycles. The highest BCUT2D eigenvalue weighted by Gasteiger charge is 2.17. The van der Waals surface area contributed by atoms with Gasteiger partial charge in [0.2, 0.25) is 0 Å². The van der Waals surface area contributed by atoms with E-state index >= 15 is 0 Å². The van der Waals surface area contributed by atoms with Gasteiger partial charge < -0.3 is 4.40 Å². The SMILES string of the molecule is Cc1ccc2nc(CC3CCCS3)cn2c1. The molecule has 84 valence electrons. The van der Waals surface area contributed by atoms with Crippen molar-refractivity contribution in [2.75, 3.05) is 5.75 Å². The maximum Gasteiger partial charge on any atom is 0.136 e. The smallest absolute Gasteiger partial charge is 0.136 e. The number of aryl methyl sites for hydroxylation is 1. The zero-order valence-corrected chi connectivity index (χ0v) is 10.3. The van der Waals surface area contributed by atoms with Crippen LogP contribution in [0.25, 0.3) is 5.65 Å². The first kappa shape index (κ1) is 10.2. The number of hydrogen-bond donors (Lipinski definition) is 0. The average molecular weight is 232 g/mol. The zero-order chi connectivity index (χ0) is 11.0. The Balaban J connectivity index is 1.86. The summed E-state index contributed by atoms with van der Waals surface area (Å²) in [6.07, 6.45) is 8.19. The molecule has 3 heterocycles. The van der Waals surface area contributed by atoms with Crippen LogP contribution in [-0.4, -0.2) is 20.4 Å². The number of pyridine rings is 1. The van der Waals surface area contributed by atoms with E-state index in [1.165, 1.54) is 29.9 Å². The first-order valence-corrected chi connectivity index (χ1v) is 6.92. The second kappa shape index (κ2) is 4.13. The molecule has 0 spiro atoms. The summed E-state index contributed by atoms with van der Waals surface area (Å²) < 4.78 is 2.14. The number of nitrogens with zero attached hydrogens (tertiary/aromatic N) is 2. The number of hydrogen-bond acceptors (Lipinski definition) is 2. The summed E-state index contributed by atoms with van der Waals surface area (Å²) in [5.41, 5.74) is 3.60. The standard InChI is InChI=1S/C13H16N2S/c1-10-4-5-13-14-11(9-15(13)8-10)7-12-3-2-6-16-12/h4-5,8-9,12H,2-3,6-7H2,1H3. The van der Waals surface area contributed by atoms with Crippen molar-refractivity contribution in [3.63, 3.8) is 0 Å². The third kappa shape index (κ3) is 1.96. The van der Waals surface area contributed by atoms with Gasteiger partial charge >= 0.3 is 0 Å². The minimum absolute atomic E-state index is 0.797. The highest BCUT2D eigenvalue weighted by atomic mass is 32.2. The molecule has 0 N–H and O–H groups in total. The van der Waals surface area contributed by atoms with Gasteiger partial charge in [0.05, 0.1) is 5.69 Å². The molecule has 1 atom stereocenters. The molecule has 3 rings (SSSR count). The lowest BCUT2D eigenvalue weighted by Gasteiger charge is -2.03. The van der Waals surface area contributed by atoms with Gasteiger partial charge in [-0.25, -0.2) is 4.98 Å². The molecular formula is C13H16N2S. The monoisotopic (exact) mass is 232 g/mol. The van der Waals surface area contributed by atoms with E-state index in [1.54, 1.807) is 0 Å². The normalized spacial score (nSPS) is 20.7. The zero-order valence-electron chi connectivity index (χ0n) is 9.52. The van der Waals surface area contributed by atoms with Crippen molar-refractivity contribution < 1.29 is 0 Å². The van der Waals surface area contributed by atoms with Crippen LogP contribution >= 0.6 is 11.8 Å². The highest BCUT2D eigenvalue weighted by molar-refractivity contribution is 8.00. The molecule has 2 nitrogen and oxygen atoms in total. The van der Waals surface area contributed by atoms with E-state index < -0.39 is 0 Å². The number of aromatic nitrogens is 2. The van der Waals surface area contributed by atoms with Crippen molar-refractivity contribution in [1.29, 1.82) is 0 Å². The summed E-state index contributed by atoms with van der Waals surface area (Å²) in [6.45, 7) is 2.12. The molecule has 1 fully saturated rings. The third-order valence-electron chi connectivity index (χ3n) is 3.11. The molecular weight excluding hydrogens is 216 g/mol. The Morgan fingerprint density at radius 1 is 1.44 bits per heavy atom. The molecule has 0 aliphatic carbocycles. The van der Waals surface area contributed by atoms with E-state index in [1.807, 2.05) is 0 Å². The van der Waals surface area contributed by atoms with Gasteiger partial charge in [0.25, 0.3) is 0 Å². The second-order valence-corrected chi connectivity index (χ2v) is 5.95. The number of fused-ring (bicyclic) bond motifs is 1. The van der Waals surface area contributed by atoms with Crippen LogP contribution in [-0.2, 0) is 6.42 Å². The minimum atomic E-state index is 0.797. The van der Waals surface area contributed by atoms with E-state index in [4.69, 9.17) is 0 Å². The summed E-state index contributed by atoms with van der Waals surface area (Å²) in [6, 6.07) is 4.22. The van der Waals surface area contributed by atoms with Gasteiger partial charge in [-0.15, -0.1) is 0 Å². The molecule has 0 bridgehead atoms. The quantitative estimate of drug-likeness (QED) is 0.791. The van der Waals surface area contributed by atoms with Crippen LogP contribution in [0.5, 0.6) is 0 Å². The molecule has 0 saturated carbocycles. The first-order valence-electron chi connectivity index (χ1n) is 5.87. The summed E-state index contributed by atoms with van der Waals surface area (Å²) in [5, 5.41) is 0.797. The number of rotatable bonds is 2. The molecule has 0 amide bonds. The van der Waals surface area contributed by atoms with E-state index in [2.05, 4.69) is 52.6 Å². The molecule has 1 unspecified atom stereocenters. The maximum absolute atomic E-state index is 4.67. The van der Waals surface area contributed by atoms with Crippen LogP contribution in [0.15, 0.2) is 24.5 Å². The van der Waals surface area contributed by atoms with Crippen LogP contribution in [0.3, 0.4) is 0 Å². The molecule has 2 aromatic rings. The largest absolute Gasteiger partial charge is 0.307 e. The second-order valence-electron chi connectivity index (χ2n) is 4.54. The van der Waals surface area contributed by atoms with E-state index in [0.717, 1.165) is 17.3 Å². The topological polar surface area (TPSA) is 17.3 Å². The van der Waals surface area contributed by atoms with Gasteiger partial charge in [0.1, 0.15) is 5.65 Å². The van der Waals surface area contributed by atoms with Crippen molar-refractivity contribution in [1.82, 2.24) is 9.38 Å². The highest BCUT2D eigenvalue weighted by Crippen LogP contribution is 2.28. The molecule has 16 heavy (non-hydrogen) atoms.